The molecule has 0 atom stereocenters. The Morgan fingerprint density at radius 1 is 1.15 bits per heavy atom. The summed E-state index contributed by atoms with van der Waals surface area (Å²) in [5.74, 6) is 1.29. The third kappa shape index (κ3) is 3.59. The zero-order chi connectivity index (χ0) is 23.3. The summed E-state index contributed by atoms with van der Waals surface area (Å²) >= 11 is 0. The number of piperidine rings is 2. The van der Waals surface area contributed by atoms with Crippen molar-refractivity contribution in [1.29, 1.82) is 0 Å². The Kier molecular flexibility index (Phi) is 4.82. The van der Waals surface area contributed by atoms with E-state index in [2.05, 4.69) is 20.3 Å². The van der Waals surface area contributed by atoms with Gasteiger partial charge in [0.2, 0.25) is 5.95 Å². The predicted octanol–water partition coefficient (Wildman–Crippen LogP) is 4.21. The molecule has 2 aliphatic heterocycles. The van der Waals surface area contributed by atoms with Crippen molar-refractivity contribution in [3.05, 3.63) is 36.7 Å². The van der Waals surface area contributed by atoms with Crippen molar-refractivity contribution in [2.45, 2.75) is 25.7 Å². The van der Waals surface area contributed by atoms with Gasteiger partial charge in [0.1, 0.15) is 5.52 Å². The predicted molar refractivity (Wildman–Crippen MR) is 129 cm³/mol. The molecular formula is C24H27N7O3. The van der Waals surface area contributed by atoms with Crippen molar-refractivity contribution < 1.29 is 14.3 Å². The highest BCUT2D eigenvalue weighted by Gasteiger charge is 2.40. The number of rotatable bonds is 3. The molecule has 2 fully saturated rings. The first-order chi connectivity index (χ1) is 16.5. The number of anilines is 3. The second-order valence-electron chi connectivity index (χ2n) is 9.47. The average molecular weight is 462 g/mol. The molecule has 0 unspecified atom stereocenters. The molecule has 0 aliphatic carbocycles. The summed E-state index contributed by atoms with van der Waals surface area (Å²) in [6.07, 6.45) is 6.55. The van der Waals surface area contributed by atoms with E-state index in [1.54, 1.807) is 11.2 Å². The molecule has 1 amide bonds. The number of aromatic nitrogens is 4. The van der Waals surface area contributed by atoms with Crippen molar-refractivity contribution in [3.8, 4) is 0 Å². The van der Waals surface area contributed by atoms with Gasteiger partial charge in [-0.15, -0.1) is 0 Å². The van der Waals surface area contributed by atoms with Gasteiger partial charge in [-0.2, -0.15) is 10.1 Å². The van der Waals surface area contributed by atoms with Crippen LogP contribution in [0.5, 0.6) is 0 Å². The molecule has 2 aliphatic rings. The average Bonchev–Trinajstić information content (AvgIpc) is 3.46. The van der Waals surface area contributed by atoms with Crippen molar-refractivity contribution in [2.75, 3.05) is 36.4 Å². The van der Waals surface area contributed by atoms with Crippen molar-refractivity contribution in [1.82, 2.24) is 24.6 Å². The number of fused-ring (bicyclic) bond motifs is 2. The van der Waals surface area contributed by atoms with Crippen LogP contribution in [0.2, 0.25) is 0 Å². The third-order valence-corrected chi connectivity index (χ3v) is 7.34. The fourth-order valence-corrected chi connectivity index (χ4v) is 5.46. The number of benzene rings is 1. The molecule has 0 radical (unpaired) electrons. The summed E-state index contributed by atoms with van der Waals surface area (Å²) in [5.41, 5.74) is 3.44. The smallest absolute Gasteiger partial charge is 0.407 e. The highest BCUT2D eigenvalue weighted by Crippen LogP contribution is 2.41. The highest BCUT2D eigenvalue weighted by atomic mass is 16.4. The molecule has 2 saturated heterocycles. The fourth-order valence-electron chi connectivity index (χ4n) is 5.46. The monoisotopic (exact) mass is 461 g/mol. The van der Waals surface area contributed by atoms with Gasteiger partial charge in [-0.25, -0.2) is 9.78 Å². The summed E-state index contributed by atoms with van der Waals surface area (Å²) < 4.78 is 7.61. The molecule has 6 rings (SSSR count). The van der Waals surface area contributed by atoms with Gasteiger partial charge in [-0.1, -0.05) is 0 Å². The maximum atomic E-state index is 11.5. The van der Waals surface area contributed by atoms with Crippen LogP contribution in [0.1, 0.15) is 25.7 Å². The molecular weight excluding hydrogens is 434 g/mol. The number of carboxylic acid groups (broad SMARTS) is 1. The molecule has 10 heteroatoms. The molecule has 4 aromatic rings. The Morgan fingerprint density at radius 3 is 2.82 bits per heavy atom. The Labute approximate surface area is 196 Å². The highest BCUT2D eigenvalue weighted by molar-refractivity contribution is 5.87. The van der Waals surface area contributed by atoms with Crippen LogP contribution in [0.4, 0.5) is 22.2 Å². The zero-order valence-electron chi connectivity index (χ0n) is 19.1. The number of nitrogens with zero attached hydrogens (tertiary/aromatic N) is 6. The van der Waals surface area contributed by atoms with E-state index in [-0.39, 0.29) is 5.41 Å². The largest absolute Gasteiger partial charge is 0.465 e. The maximum Gasteiger partial charge on any atom is 0.407 e. The van der Waals surface area contributed by atoms with Gasteiger partial charge >= 0.3 is 6.09 Å². The molecule has 3 aromatic heterocycles. The SMILES string of the molecule is Cn1ncc2cc(Nc3nc(N4CCC5(CCCN(C(=O)O)C5)CC4)c4occc4n3)ccc21. The van der Waals surface area contributed by atoms with Gasteiger partial charge in [0.15, 0.2) is 11.4 Å². The Morgan fingerprint density at radius 2 is 2.00 bits per heavy atom. The van der Waals surface area contributed by atoms with E-state index in [1.807, 2.05) is 42.2 Å². The van der Waals surface area contributed by atoms with Gasteiger partial charge < -0.3 is 24.6 Å². The molecule has 5 heterocycles. The molecule has 10 nitrogen and oxygen atoms in total. The standard InChI is InChI=1S/C24H27N7O3/c1-29-19-4-3-17(13-16(19)14-25-29)26-22-27-18-5-12-34-20(18)21(28-22)30-10-7-24(8-11-30)6-2-9-31(15-24)23(32)33/h3-5,12-14H,2,6-11,15H2,1H3,(H,32,33)(H,26,27,28). The minimum absolute atomic E-state index is 0.0582. The Balaban J connectivity index is 1.25. The number of carbonyl (C=O) groups is 1. The first-order valence-electron chi connectivity index (χ1n) is 11.7. The quantitative estimate of drug-likeness (QED) is 0.466. The number of hydrogen-bond donors (Lipinski definition) is 2. The summed E-state index contributed by atoms with van der Waals surface area (Å²) in [4.78, 5) is 24.8. The number of nitrogens with one attached hydrogen (secondary N) is 1. The van der Waals surface area contributed by atoms with E-state index in [1.165, 1.54) is 0 Å². The van der Waals surface area contributed by atoms with Crippen LogP contribution < -0.4 is 10.2 Å². The van der Waals surface area contributed by atoms with Crippen LogP contribution in [0.25, 0.3) is 22.0 Å². The number of likely N-dealkylation sites (tertiary alicyclic amines) is 1. The number of aryl methyl sites for hydroxylation is 1. The molecule has 34 heavy (non-hydrogen) atoms. The number of furan rings is 1. The van der Waals surface area contributed by atoms with E-state index in [4.69, 9.17) is 9.40 Å². The third-order valence-electron chi connectivity index (χ3n) is 7.34. The van der Waals surface area contributed by atoms with E-state index in [0.717, 1.165) is 66.7 Å². The lowest BCUT2D eigenvalue weighted by atomic mass is 9.72. The van der Waals surface area contributed by atoms with Crippen LogP contribution in [0.3, 0.4) is 0 Å². The number of hydrogen-bond acceptors (Lipinski definition) is 7. The summed E-state index contributed by atoms with van der Waals surface area (Å²) in [5, 5.41) is 18.2. The summed E-state index contributed by atoms with van der Waals surface area (Å²) in [6.45, 7) is 2.88. The second-order valence-corrected chi connectivity index (χ2v) is 9.47. The Bertz CT molecular complexity index is 1370. The van der Waals surface area contributed by atoms with Gasteiger partial charge in [-0.3, -0.25) is 4.68 Å². The normalized spacial score (nSPS) is 18.1. The summed E-state index contributed by atoms with van der Waals surface area (Å²) in [6, 6.07) is 7.91. The van der Waals surface area contributed by atoms with Gasteiger partial charge in [-0.05, 0) is 49.3 Å². The van der Waals surface area contributed by atoms with Crippen LogP contribution >= 0.6 is 0 Å². The minimum atomic E-state index is -0.810. The van der Waals surface area contributed by atoms with Crippen LogP contribution in [-0.4, -0.2) is 62.0 Å². The fraction of sp³-hybridized carbons (Fsp3) is 0.417. The van der Waals surface area contributed by atoms with Gasteiger partial charge in [0, 0.05) is 50.4 Å². The van der Waals surface area contributed by atoms with E-state index < -0.39 is 6.09 Å². The van der Waals surface area contributed by atoms with Gasteiger partial charge in [0.25, 0.3) is 0 Å². The van der Waals surface area contributed by atoms with E-state index in [0.29, 0.717) is 24.6 Å². The lowest BCUT2D eigenvalue weighted by Crippen LogP contribution is -2.51. The maximum absolute atomic E-state index is 11.5. The van der Waals surface area contributed by atoms with E-state index >= 15 is 0 Å². The lowest BCUT2D eigenvalue weighted by Gasteiger charge is -2.47. The Hall–Kier alpha value is -3.82. The molecule has 1 spiro atoms. The first kappa shape index (κ1) is 20.8. The molecule has 2 N–H and O–H groups in total. The second kappa shape index (κ2) is 7.89. The number of amides is 1. The van der Waals surface area contributed by atoms with Crippen LogP contribution in [0, 0.1) is 5.41 Å². The topological polar surface area (TPSA) is 113 Å². The van der Waals surface area contributed by atoms with Crippen molar-refractivity contribution in [2.24, 2.45) is 12.5 Å². The summed E-state index contributed by atoms with van der Waals surface area (Å²) in [7, 11) is 1.92. The van der Waals surface area contributed by atoms with E-state index in [9.17, 15) is 9.90 Å². The molecule has 1 aromatic carbocycles. The first-order valence-corrected chi connectivity index (χ1v) is 11.7. The van der Waals surface area contributed by atoms with Crippen LogP contribution in [-0.2, 0) is 7.05 Å². The van der Waals surface area contributed by atoms with Crippen molar-refractivity contribution >= 4 is 45.5 Å². The zero-order valence-corrected chi connectivity index (χ0v) is 19.1. The van der Waals surface area contributed by atoms with Crippen molar-refractivity contribution in [3.63, 3.8) is 0 Å². The molecule has 0 saturated carbocycles. The molecule has 0 bridgehead atoms. The lowest BCUT2D eigenvalue weighted by molar-refractivity contribution is 0.0613. The van der Waals surface area contributed by atoms with Gasteiger partial charge in [0.05, 0.1) is 18.0 Å². The van der Waals surface area contributed by atoms with Crippen LogP contribution in [0.15, 0.2) is 41.1 Å². The molecule has 176 valence electrons. The minimum Gasteiger partial charge on any atom is -0.465 e.